The molecular formula is C19H18N4O3. The van der Waals surface area contributed by atoms with E-state index in [0.29, 0.717) is 23.7 Å². The van der Waals surface area contributed by atoms with E-state index >= 15 is 0 Å². The molecule has 0 radical (unpaired) electrons. The number of aromatic nitrogens is 2. The molecule has 7 heteroatoms. The van der Waals surface area contributed by atoms with E-state index in [2.05, 4.69) is 15.7 Å². The average molecular weight is 350 g/mol. The summed E-state index contributed by atoms with van der Waals surface area (Å²) < 4.78 is 12.4. The second kappa shape index (κ2) is 7.18. The van der Waals surface area contributed by atoms with Crippen LogP contribution in [0.2, 0.25) is 0 Å². The summed E-state index contributed by atoms with van der Waals surface area (Å²) in [6.45, 7) is 0.752. The van der Waals surface area contributed by atoms with Crippen molar-refractivity contribution in [1.82, 2.24) is 15.1 Å². The van der Waals surface area contributed by atoms with Crippen molar-refractivity contribution in [2.24, 2.45) is 0 Å². The second-order valence-electron chi connectivity index (χ2n) is 5.82. The molecular weight excluding hydrogens is 332 g/mol. The highest BCUT2D eigenvalue weighted by molar-refractivity contribution is 5.89. The SMILES string of the molecule is O=C(NCCc1ccc(-n2cccn2)cc1)Nc1ccc2c(c1)OCO2. The number of carbonyl (C=O) groups is 1. The molecule has 1 aliphatic rings. The highest BCUT2D eigenvalue weighted by atomic mass is 16.7. The van der Waals surface area contributed by atoms with Crippen molar-refractivity contribution < 1.29 is 14.3 Å². The Hall–Kier alpha value is -3.48. The Bertz CT molecular complexity index is 892. The summed E-state index contributed by atoms with van der Waals surface area (Å²) in [5, 5.41) is 9.84. The molecule has 7 nitrogen and oxygen atoms in total. The number of benzene rings is 2. The van der Waals surface area contributed by atoms with Crippen LogP contribution in [0.25, 0.3) is 5.69 Å². The van der Waals surface area contributed by atoms with Crippen molar-refractivity contribution in [3.8, 4) is 17.2 Å². The molecule has 0 bridgehead atoms. The number of fused-ring (bicyclic) bond motifs is 1. The molecule has 2 heterocycles. The van der Waals surface area contributed by atoms with Gasteiger partial charge < -0.3 is 20.1 Å². The highest BCUT2D eigenvalue weighted by Gasteiger charge is 2.13. The minimum Gasteiger partial charge on any atom is -0.454 e. The topological polar surface area (TPSA) is 77.4 Å². The summed E-state index contributed by atoms with van der Waals surface area (Å²) in [5.41, 5.74) is 2.81. The Morgan fingerprint density at radius 2 is 1.96 bits per heavy atom. The molecule has 0 aliphatic carbocycles. The number of amides is 2. The first-order chi connectivity index (χ1) is 12.8. The summed E-state index contributed by atoms with van der Waals surface area (Å²) in [6.07, 6.45) is 4.39. The third-order valence-electron chi connectivity index (χ3n) is 4.03. The minimum atomic E-state index is -0.253. The van der Waals surface area contributed by atoms with E-state index in [-0.39, 0.29) is 12.8 Å². The lowest BCUT2D eigenvalue weighted by Gasteiger charge is -2.09. The van der Waals surface area contributed by atoms with Gasteiger partial charge in [0.25, 0.3) is 0 Å². The van der Waals surface area contributed by atoms with Crippen LogP contribution in [0.5, 0.6) is 11.5 Å². The lowest BCUT2D eigenvalue weighted by molar-refractivity contribution is 0.174. The maximum Gasteiger partial charge on any atom is 0.319 e. The first-order valence-electron chi connectivity index (χ1n) is 8.31. The number of carbonyl (C=O) groups excluding carboxylic acids is 1. The molecule has 2 amide bonds. The molecule has 4 rings (SSSR count). The lowest BCUT2D eigenvalue weighted by Crippen LogP contribution is -2.30. The van der Waals surface area contributed by atoms with Gasteiger partial charge in [0, 0.05) is 30.7 Å². The van der Waals surface area contributed by atoms with Crippen LogP contribution in [0.3, 0.4) is 0 Å². The lowest BCUT2D eigenvalue weighted by atomic mass is 10.1. The van der Waals surface area contributed by atoms with Crippen LogP contribution in [-0.4, -0.2) is 29.1 Å². The van der Waals surface area contributed by atoms with Gasteiger partial charge in [0.1, 0.15) is 0 Å². The number of rotatable bonds is 5. The smallest absolute Gasteiger partial charge is 0.319 e. The van der Waals surface area contributed by atoms with Crippen molar-refractivity contribution in [3.63, 3.8) is 0 Å². The fourth-order valence-electron chi connectivity index (χ4n) is 2.71. The summed E-state index contributed by atoms with van der Waals surface area (Å²) in [7, 11) is 0. The molecule has 2 N–H and O–H groups in total. The zero-order chi connectivity index (χ0) is 17.8. The molecule has 26 heavy (non-hydrogen) atoms. The van der Waals surface area contributed by atoms with E-state index in [1.165, 1.54) is 0 Å². The van der Waals surface area contributed by atoms with Crippen LogP contribution in [0.1, 0.15) is 5.56 Å². The van der Waals surface area contributed by atoms with Gasteiger partial charge in [-0.2, -0.15) is 5.10 Å². The van der Waals surface area contributed by atoms with Crippen LogP contribution >= 0.6 is 0 Å². The van der Waals surface area contributed by atoms with Gasteiger partial charge in [-0.3, -0.25) is 0 Å². The van der Waals surface area contributed by atoms with Crippen molar-refractivity contribution in [2.45, 2.75) is 6.42 Å². The first-order valence-corrected chi connectivity index (χ1v) is 8.31. The number of urea groups is 1. The van der Waals surface area contributed by atoms with Gasteiger partial charge in [0.2, 0.25) is 6.79 Å². The van der Waals surface area contributed by atoms with E-state index in [9.17, 15) is 4.79 Å². The number of anilines is 1. The molecule has 1 aromatic heterocycles. The molecule has 0 spiro atoms. The fourth-order valence-corrected chi connectivity index (χ4v) is 2.71. The molecule has 132 valence electrons. The predicted molar refractivity (Wildman–Crippen MR) is 96.9 cm³/mol. The first kappa shape index (κ1) is 16.0. The second-order valence-corrected chi connectivity index (χ2v) is 5.82. The number of hydrogen-bond donors (Lipinski definition) is 2. The van der Waals surface area contributed by atoms with Crippen LogP contribution in [-0.2, 0) is 6.42 Å². The molecule has 1 aliphatic heterocycles. The third-order valence-corrected chi connectivity index (χ3v) is 4.03. The van der Waals surface area contributed by atoms with E-state index in [1.807, 2.05) is 36.5 Å². The summed E-state index contributed by atoms with van der Waals surface area (Å²) >= 11 is 0. The number of nitrogens with one attached hydrogen (secondary N) is 2. The van der Waals surface area contributed by atoms with Crippen molar-refractivity contribution in [2.75, 3.05) is 18.7 Å². The van der Waals surface area contributed by atoms with Crippen LogP contribution in [0, 0.1) is 0 Å². The summed E-state index contributed by atoms with van der Waals surface area (Å²) in [4.78, 5) is 12.0. The minimum absolute atomic E-state index is 0.212. The van der Waals surface area contributed by atoms with Crippen molar-refractivity contribution in [3.05, 3.63) is 66.5 Å². The zero-order valence-electron chi connectivity index (χ0n) is 14.0. The normalized spacial score (nSPS) is 12.0. The van der Waals surface area contributed by atoms with Gasteiger partial charge in [0.05, 0.1) is 5.69 Å². The molecule has 0 atom stereocenters. The van der Waals surface area contributed by atoms with Crippen LogP contribution in [0.4, 0.5) is 10.5 Å². The molecule has 0 saturated heterocycles. The van der Waals surface area contributed by atoms with Crippen molar-refractivity contribution in [1.29, 1.82) is 0 Å². The number of ether oxygens (including phenoxy) is 2. The van der Waals surface area contributed by atoms with Gasteiger partial charge in [-0.1, -0.05) is 12.1 Å². The van der Waals surface area contributed by atoms with Gasteiger partial charge in [-0.05, 0) is 42.3 Å². The Labute approximate surface area is 150 Å². The van der Waals surface area contributed by atoms with E-state index in [1.54, 1.807) is 29.1 Å². The Morgan fingerprint density at radius 3 is 2.77 bits per heavy atom. The molecule has 0 fully saturated rings. The molecule has 2 aromatic carbocycles. The van der Waals surface area contributed by atoms with Gasteiger partial charge in [-0.25, -0.2) is 9.48 Å². The average Bonchev–Trinajstić information content (AvgIpc) is 3.34. The maximum atomic E-state index is 12.0. The standard InChI is InChI=1S/C19H18N4O3/c24-19(22-15-4-7-17-18(12-15)26-13-25-17)20-10-8-14-2-5-16(6-3-14)23-11-1-9-21-23/h1-7,9,11-12H,8,10,13H2,(H2,20,22,24). The van der Waals surface area contributed by atoms with E-state index in [4.69, 9.17) is 9.47 Å². The van der Waals surface area contributed by atoms with Crippen LogP contribution in [0.15, 0.2) is 60.9 Å². The number of hydrogen-bond acceptors (Lipinski definition) is 4. The Morgan fingerprint density at radius 1 is 1.12 bits per heavy atom. The summed E-state index contributed by atoms with van der Waals surface area (Å²) in [6, 6.07) is 15.0. The molecule has 0 unspecified atom stereocenters. The van der Waals surface area contributed by atoms with E-state index in [0.717, 1.165) is 17.7 Å². The molecule has 0 saturated carbocycles. The number of nitrogens with zero attached hydrogens (tertiary/aromatic N) is 2. The van der Waals surface area contributed by atoms with Crippen LogP contribution < -0.4 is 20.1 Å². The highest BCUT2D eigenvalue weighted by Crippen LogP contribution is 2.34. The Kier molecular flexibility index (Phi) is 4.42. The van der Waals surface area contributed by atoms with Gasteiger partial charge in [-0.15, -0.1) is 0 Å². The van der Waals surface area contributed by atoms with Gasteiger partial charge >= 0.3 is 6.03 Å². The molecule has 3 aromatic rings. The monoisotopic (exact) mass is 350 g/mol. The predicted octanol–water partition coefficient (Wildman–Crippen LogP) is 2.97. The summed E-state index contributed by atoms with van der Waals surface area (Å²) in [5.74, 6) is 1.33. The Balaban J connectivity index is 1.26. The maximum absolute atomic E-state index is 12.0. The van der Waals surface area contributed by atoms with Gasteiger partial charge in [0.15, 0.2) is 11.5 Å². The fraction of sp³-hybridized carbons (Fsp3) is 0.158. The zero-order valence-corrected chi connectivity index (χ0v) is 14.0. The third kappa shape index (κ3) is 3.61. The van der Waals surface area contributed by atoms with E-state index < -0.39 is 0 Å². The largest absolute Gasteiger partial charge is 0.454 e. The quantitative estimate of drug-likeness (QED) is 0.742. The van der Waals surface area contributed by atoms with Crippen molar-refractivity contribution >= 4 is 11.7 Å².